The Morgan fingerprint density at radius 1 is 1.19 bits per heavy atom. The Kier molecular flexibility index (Phi) is 6.96. The van der Waals surface area contributed by atoms with E-state index in [1.54, 1.807) is 48.5 Å². The molecule has 1 amide bonds. The van der Waals surface area contributed by atoms with Gasteiger partial charge in [0, 0.05) is 16.8 Å². The van der Waals surface area contributed by atoms with Crippen LogP contribution in [0.2, 0.25) is 5.02 Å². The van der Waals surface area contributed by atoms with E-state index >= 15 is 0 Å². The van der Waals surface area contributed by atoms with E-state index in [9.17, 15) is 19.6 Å². The highest BCUT2D eigenvalue weighted by molar-refractivity contribution is 7.07. The molecule has 0 saturated carbocycles. The van der Waals surface area contributed by atoms with Crippen molar-refractivity contribution in [2.45, 2.75) is 5.92 Å². The molecule has 0 aliphatic carbocycles. The molecule has 1 aliphatic rings. The number of nitrogens with one attached hydrogen (secondary N) is 1. The molecule has 3 aromatic rings. The fourth-order valence-corrected chi connectivity index (χ4v) is 5.21. The van der Waals surface area contributed by atoms with Gasteiger partial charge in [-0.1, -0.05) is 29.8 Å². The third kappa shape index (κ3) is 4.37. The van der Waals surface area contributed by atoms with Crippen LogP contribution in [0.3, 0.4) is 0 Å². The maximum Gasteiger partial charge on any atom is 0.332 e. The van der Waals surface area contributed by atoms with Crippen LogP contribution < -0.4 is 30.5 Å². The molecule has 1 aromatic heterocycles. The number of amides is 1. The van der Waals surface area contributed by atoms with Gasteiger partial charge in [0.25, 0.3) is 11.5 Å². The number of esters is 1. The summed E-state index contributed by atoms with van der Waals surface area (Å²) in [5.74, 6) is -1.84. The molecule has 0 bridgehead atoms. The van der Waals surface area contributed by atoms with E-state index in [0.717, 1.165) is 22.0 Å². The van der Waals surface area contributed by atoms with Crippen molar-refractivity contribution in [1.29, 1.82) is 5.26 Å². The van der Waals surface area contributed by atoms with Crippen molar-refractivity contribution in [2.24, 2.45) is 5.73 Å². The lowest BCUT2D eigenvalue weighted by Gasteiger charge is -2.26. The van der Waals surface area contributed by atoms with E-state index in [4.69, 9.17) is 22.1 Å². The van der Waals surface area contributed by atoms with Crippen molar-refractivity contribution in [3.05, 3.63) is 84.2 Å². The van der Waals surface area contributed by atoms with Crippen LogP contribution in [-0.2, 0) is 14.3 Å². The fraction of sp³-hybridized carbons (Fsp3) is 0.120. The number of nitriles is 1. The van der Waals surface area contributed by atoms with Crippen LogP contribution in [0.25, 0.3) is 17.5 Å². The number of ether oxygens (including phenoxy) is 2. The van der Waals surface area contributed by atoms with Gasteiger partial charge in [0.05, 0.1) is 37.4 Å². The zero-order valence-corrected chi connectivity index (χ0v) is 20.6. The lowest BCUT2D eigenvalue weighted by molar-refractivity contribution is -0.133. The minimum Gasteiger partial charge on any atom is -0.497 e. The number of nitrogens with zero attached hydrogens (tertiary/aromatic N) is 2. The number of thiazole rings is 1. The van der Waals surface area contributed by atoms with E-state index < -0.39 is 23.4 Å². The number of nitrogens with two attached hydrogens (primary N) is 1. The number of hydrogen-bond donors (Lipinski definition) is 2. The highest BCUT2D eigenvalue weighted by Crippen LogP contribution is 2.39. The average Bonchev–Trinajstić information content (AvgIpc) is 3.20. The summed E-state index contributed by atoms with van der Waals surface area (Å²) >= 11 is 7.37. The fourth-order valence-electron chi connectivity index (χ4n) is 3.83. The second-order valence-corrected chi connectivity index (χ2v) is 8.98. The Morgan fingerprint density at radius 3 is 2.50 bits per heavy atom. The van der Waals surface area contributed by atoms with Crippen LogP contribution in [0.5, 0.6) is 5.75 Å². The van der Waals surface area contributed by atoms with Gasteiger partial charge in [0.1, 0.15) is 20.8 Å². The first-order valence-corrected chi connectivity index (χ1v) is 11.7. The van der Waals surface area contributed by atoms with Gasteiger partial charge in [-0.3, -0.25) is 14.2 Å². The summed E-state index contributed by atoms with van der Waals surface area (Å²) in [7, 11) is 2.71. The molecule has 182 valence electrons. The Labute approximate surface area is 213 Å². The number of rotatable bonds is 5. The number of anilines is 1. The van der Waals surface area contributed by atoms with Crippen molar-refractivity contribution in [1.82, 2.24) is 4.57 Å². The first-order chi connectivity index (χ1) is 17.3. The van der Waals surface area contributed by atoms with E-state index in [0.29, 0.717) is 22.0 Å². The van der Waals surface area contributed by atoms with Crippen LogP contribution in [-0.4, -0.2) is 30.7 Å². The van der Waals surface area contributed by atoms with Gasteiger partial charge in [0.15, 0.2) is 0 Å². The lowest BCUT2D eigenvalue weighted by atomic mass is 9.83. The number of hydrogen-bond acceptors (Lipinski definition) is 8. The van der Waals surface area contributed by atoms with Crippen LogP contribution >= 0.6 is 22.9 Å². The monoisotopic (exact) mass is 522 g/mol. The summed E-state index contributed by atoms with van der Waals surface area (Å²) < 4.78 is 11.0. The summed E-state index contributed by atoms with van der Waals surface area (Å²) in [5.41, 5.74) is 6.62. The molecule has 1 aliphatic heterocycles. The highest BCUT2D eigenvalue weighted by Gasteiger charge is 2.36. The Bertz CT molecular complexity index is 1630. The van der Waals surface area contributed by atoms with Crippen molar-refractivity contribution in [3.8, 4) is 11.8 Å². The molecule has 0 spiro atoms. The molecule has 9 nitrogen and oxygen atoms in total. The molecule has 0 fully saturated rings. The van der Waals surface area contributed by atoms with Gasteiger partial charge in [0.2, 0.25) is 0 Å². The van der Waals surface area contributed by atoms with E-state index in [1.165, 1.54) is 14.2 Å². The minimum absolute atomic E-state index is 0.00774. The molecular weight excluding hydrogens is 504 g/mol. The van der Waals surface area contributed by atoms with Gasteiger partial charge in [-0.25, -0.2) is 4.79 Å². The number of benzene rings is 2. The maximum atomic E-state index is 13.7. The number of carbonyl (C=O) groups excluding carboxylic acids is 2. The molecule has 2 heterocycles. The predicted octanol–water partition coefficient (Wildman–Crippen LogP) is 1.76. The largest absolute Gasteiger partial charge is 0.497 e. The summed E-state index contributed by atoms with van der Waals surface area (Å²) in [6, 6.07) is 15.5. The number of halogens is 1. The van der Waals surface area contributed by atoms with Crippen molar-refractivity contribution >= 4 is 58.0 Å². The summed E-state index contributed by atoms with van der Waals surface area (Å²) in [6.45, 7) is 0. The van der Waals surface area contributed by atoms with Gasteiger partial charge in [-0.15, -0.1) is 11.3 Å². The normalized spacial score (nSPS) is 15.2. The number of allylic oxidation sites excluding steroid dienone is 1. The van der Waals surface area contributed by atoms with Crippen LogP contribution in [0.4, 0.5) is 5.69 Å². The molecule has 36 heavy (non-hydrogen) atoms. The first-order valence-electron chi connectivity index (χ1n) is 10.5. The molecule has 1 unspecified atom stereocenters. The molecule has 3 N–H and O–H groups in total. The van der Waals surface area contributed by atoms with Gasteiger partial charge >= 0.3 is 5.97 Å². The molecule has 0 saturated heterocycles. The van der Waals surface area contributed by atoms with Gasteiger partial charge in [-0.2, -0.15) is 5.26 Å². The standard InChI is InChI=1S/C25H19ClN4O5S/c1-34-14-9-7-13(8-10-14)29-23(32)21-20(15-5-3-4-6-17(15)26)16(12-27)22(28)30-24(33)18(36-25(21)30)11-19(31)35-2/h3-11,20H,28H2,1-2H3,(H,29,32). The third-order valence-corrected chi connectivity index (χ3v) is 6.98. The van der Waals surface area contributed by atoms with E-state index in [2.05, 4.69) is 10.1 Å². The zero-order valence-electron chi connectivity index (χ0n) is 19.1. The molecule has 4 rings (SSSR count). The summed E-state index contributed by atoms with van der Waals surface area (Å²) in [6.07, 6.45) is 1.02. The number of methoxy groups -OCH3 is 2. The molecule has 2 aromatic carbocycles. The van der Waals surface area contributed by atoms with Gasteiger partial charge in [-0.05, 0) is 35.9 Å². The SMILES string of the molecule is COC(=O)C=c1sc2n(c1=O)C(N)=C(C#N)C(c1ccccc1Cl)C=2C(=O)Nc1ccc(OC)cc1. The van der Waals surface area contributed by atoms with Crippen molar-refractivity contribution < 1.29 is 19.1 Å². The quantitative estimate of drug-likeness (QED) is 0.487. The molecule has 1 atom stereocenters. The highest BCUT2D eigenvalue weighted by atomic mass is 35.5. The molecular formula is C25H19ClN4O5S. The second-order valence-electron chi connectivity index (χ2n) is 7.54. The third-order valence-electron chi connectivity index (χ3n) is 5.53. The van der Waals surface area contributed by atoms with E-state index in [1.807, 2.05) is 6.07 Å². The van der Waals surface area contributed by atoms with E-state index in [-0.39, 0.29) is 26.2 Å². The second kappa shape index (κ2) is 10.1. The molecule has 0 radical (unpaired) electrons. The van der Waals surface area contributed by atoms with Crippen molar-refractivity contribution in [2.75, 3.05) is 19.5 Å². The van der Waals surface area contributed by atoms with Crippen molar-refractivity contribution in [3.63, 3.8) is 0 Å². The Morgan fingerprint density at radius 2 is 1.89 bits per heavy atom. The lowest BCUT2D eigenvalue weighted by Crippen LogP contribution is -2.41. The Balaban J connectivity index is 2.03. The zero-order chi connectivity index (χ0) is 26.0. The number of fused-ring (bicyclic) bond motifs is 1. The number of carbonyl (C=O) groups is 2. The summed E-state index contributed by atoms with van der Waals surface area (Å²) in [4.78, 5) is 38.8. The maximum absolute atomic E-state index is 13.7. The smallest absolute Gasteiger partial charge is 0.332 e. The summed E-state index contributed by atoms with van der Waals surface area (Å²) in [5, 5.41) is 13.2. The van der Waals surface area contributed by atoms with Crippen LogP contribution in [0, 0.1) is 11.3 Å². The van der Waals surface area contributed by atoms with Crippen LogP contribution in [0.1, 0.15) is 11.5 Å². The Hall–Kier alpha value is -4.33. The topological polar surface area (TPSA) is 136 Å². The predicted molar refractivity (Wildman–Crippen MR) is 137 cm³/mol. The van der Waals surface area contributed by atoms with Gasteiger partial charge < -0.3 is 20.5 Å². The first kappa shape index (κ1) is 24.8. The van der Waals surface area contributed by atoms with Crippen LogP contribution in [0.15, 0.2) is 58.9 Å². The number of aromatic nitrogens is 1. The molecule has 11 heteroatoms. The average molecular weight is 523 g/mol. The minimum atomic E-state index is -0.967.